The van der Waals surface area contributed by atoms with Crippen LogP contribution in [-0.2, 0) is 16.1 Å². The van der Waals surface area contributed by atoms with Crippen LogP contribution in [0, 0.1) is 0 Å². The van der Waals surface area contributed by atoms with E-state index in [9.17, 15) is 37.8 Å². The molecule has 1 aliphatic rings. The molecular formula is C17H25F3N3O6P. The molecule has 1 aromatic rings. The lowest BCUT2D eigenvalue weighted by molar-refractivity contribution is -0.184. The van der Waals surface area contributed by atoms with Gasteiger partial charge in [-0.1, -0.05) is 0 Å². The van der Waals surface area contributed by atoms with Crippen molar-refractivity contribution in [1.82, 2.24) is 14.5 Å². The molecule has 1 aliphatic heterocycles. The highest BCUT2D eigenvalue weighted by atomic mass is 31.2. The minimum atomic E-state index is -5.12. The number of aromatic amines is 1. The first-order chi connectivity index (χ1) is 13.6. The number of ether oxygens (including phenoxy) is 1. The number of hydrogen-bond donors (Lipinski definition) is 3. The fraction of sp³-hybridized carbons (Fsp3) is 0.647. The molecule has 0 saturated carbocycles. The molecule has 1 fully saturated rings. The van der Waals surface area contributed by atoms with E-state index in [-0.39, 0.29) is 10.5 Å². The Kier molecular flexibility index (Phi) is 7.07. The third-order valence-corrected chi connectivity index (χ3v) is 6.14. The molecule has 13 heteroatoms. The van der Waals surface area contributed by atoms with Crippen LogP contribution in [0.3, 0.4) is 0 Å². The number of aromatic nitrogens is 2. The number of carbonyl (C=O) groups excluding carboxylic acids is 1. The first-order valence-corrected chi connectivity index (χ1v) is 12.0. The molecule has 1 unspecified atom stereocenters. The maximum atomic E-state index is 12.6. The zero-order chi connectivity index (χ0) is 23.0. The quantitative estimate of drug-likeness (QED) is 0.510. The Bertz CT molecular complexity index is 953. The lowest BCUT2D eigenvalue weighted by Gasteiger charge is -2.21. The second-order valence-electron chi connectivity index (χ2n) is 7.97. The van der Waals surface area contributed by atoms with E-state index in [1.165, 1.54) is 0 Å². The summed E-state index contributed by atoms with van der Waals surface area (Å²) in [6.07, 6.45) is -4.07. The second-order valence-corrected chi connectivity index (χ2v) is 12.3. The van der Waals surface area contributed by atoms with E-state index >= 15 is 0 Å². The molecule has 1 saturated heterocycles. The second kappa shape index (κ2) is 8.70. The van der Waals surface area contributed by atoms with Gasteiger partial charge in [0.15, 0.2) is 6.23 Å². The van der Waals surface area contributed by atoms with Crippen molar-refractivity contribution >= 4 is 19.1 Å². The van der Waals surface area contributed by atoms with Gasteiger partial charge in [0.1, 0.15) is 12.2 Å². The molecule has 4 atom stereocenters. The van der Waals surface area contributed by atoms with Crippen molar-refractivity contribution in [2.24, 2.45) is 0 Å². The SMILES string of the molecule is C=P(C)(C)CCC1O[C@@H](n2cc(CN(C)C(=O)C(F)(F)F)c(=O)[nH]c2=O)[C@H](O)[C@@H]1O. The maximum Gasteiger partial charge on any atom is 0.471 e. The van der Waals surface area contributed by atoms with Crippen LogP contribution >= 0.6 is 6.89 Å². The van der Waals surface area contributed by atoms with Crippen molar-refractivity contribution in [1.29, 1.82) is 0 Å². The number of aliphatic hydroxyl groups is 2. The van der Waals surface area contributed by atoms with E-state index in [1.54, 1.807) is 0 Å². The number of hydrogen-bond acceptors (Lipinski definition) is 6. The lowest BCUT2D eigenvalue weighted by atomic mass is 10.1. The van der Waals surface area contributed by atoms with E-state index in [1.807, 2.05) is 18.3 Å². The van der Waals surface area contributed by atoms with Gasteiger partial charge in [-0.2, -0.15) is 13.2 Å². The summed E-state index contributed by atoms with van der Waals surface area (Å²) in [6.45, 7) is 1.80. The van der Waals surface area contributed by atoms with Crippen LogP contribution in [0.25, 0.3) is 0 Å². The van der Waals surface area contributed by atoms with Gasteiger partial charge in [-0.05, 0) is 25.9 Å². The first kappa shape index (κ1) is 24.4. The van der Waals surface area contributed by atoms with Gasteiger partial charge in [0.05, 0.1) is 18.2 Å². The van der Waals surface area contributed by atoms with Crippen LogP contribution in [0.1, 0.15) is 18.2 Å². The standard InChI is InChI=1S/C17H25F3N3O6P/c1-22(15(27)17(18,19)20)7-9-8-23(16(28)21-13(9)26)14-12(25)11(24)10(29-14)5-6-30(2,3)4/h8,10-12,14,24-25H,2,5-7H2,1,3-4H3,(H,21,26,28)/t10?,11-,12-,14-/m1/s1. The molecule has 2 rings (SSSR count). The molecule has 1 aromatic heterocycles. The topological polar surface area (TPSA) is 125 Å². The summed E-state index contributed by atoms with van der Waals surface area (Å²) in [5.41, 5.74) is -2.28. The Morgan fingerprint density at radius 3 is 2.47 bits per heavy atom. The Balaban J connectivity index is 2.29. The highest BCUT2D eigenvalue weighted by Gasteiger charge is 2.44. The third-order valence-electron chi connectivity index (χ3n) is 4.67. The summed E-state index contributed by atoms with van der Waals surface area (Å²) in [5, 5.41) is 20.6. The van der Waals surface area contributed by atoms with Gasteiger partial charge in [0.25, 0.3) is 5.56 Å². The molecule has 3 N–H and O–H groups in total. The number of alkyl halides is 3. The van der Waals surface area contributed by atoms with E-state index in [0.717, 1.165) is 17.8 Å². The van der Waals surface area contributed by atoms with Gasteiger partial charge in [-0.15, -0.1) is 13.2 Å². The molecule has 0 aliphatic carbocycles. The van der Waals surface area contributed by atoms with Gasteiger partial charge in [0.2, 0.25) is 0 Å². The highest BCUT2D eigenvalue weighted by Crippen LogP contribution is 2.39. The smallest absolute Gasteiger partial charge is 0.388 e. The molecule has 9 nitrogen and oxygen atoms in total. The molecule has 170 valence electrons. The van der Waals surface area contributed by atoms with E-state index in [0.29, 0.717) is 12.6 Å². The van der Waals surface area contributed by atoms with Crippen LogP contribution in [0.4, 0.5) is 13.2 Å². The predicted octanol–water partition coefficient (Wildman–Crippen LogP) is -0.224. The van der Waals surface area contributed by atoms with Crippen LogP contribution in [0.2, 0.25) is 0 Å². The van der Waals surface area contributed by atoms with E-state index in [4.69, 9.17) is 4.74 Å². The summed E-state index contributed by atoms with van der Waals surface area (Å²) in [6, 6.07) is 0. The number of H-pyrrole nitrogens is 1. The molecule has 0 radical (unpaired) electrons. The summed E-state index contributed by atoms with van der Waals surface area (Å²) in [7, 11) is 0.856. The molecule has 0 bridgehead atoms. The highest BCUT2D eigenvalue weighted by molar-refractivity contribution is 7.72. The van der Waals surface area contributed by atoms with Gasteiger partial charge in [-0.3, -0.25) is 19.1 Å². The summed E-state index contributed by atoms with van der Waals surface area (Å²) < 4.78 is 44.1. The van der Waals surface area contributed by atoms with Crippen LogP contribution in [0.15, 0.2) is 15.8 Å². The van der Waals surface area contributed by atoms with Crippen LogP contribution in [-0.4, -0.2) is 87.9 Å². The third kappa shape index (κ3) is 5.63. The fourth-order valence-electron chi connectivity index (χ4n) is 3.05. The van der Waals surface area contributed by atoms with Crippen molar-refractivity contribution in [3.05, 3.63) is 32.6 Å². The van der Waals surface area contributed by atoms with Crippen molar-refractivity contribution < 1.29 is 32.9 Å². The average molecular weight is 455 g/mol. The molecule has 0 aromatic carbocycles. The molecular weight excluding hydrogens is 430 g/mol. The Morgan fingerprint density at radius 1 is 1.33 bits per heavy atom. The fourth-order valence-corrected chi connectivity index (χ4v) is 4.00. The van der Waals surface area contributed by atoms with Gasteiger partial charge < -0.3 is 19.8 Å². The van der Waals surface area contributed by atoms with Gasteiger partial charge >= 0.3 is 17.8 Å². The zero-order valence-electron chi connectivity index (χ0n) is 16.7. The van der Waals surface area contributed by atoms with E-state index < -0.39 is 61.3 Å². The number of amides is 1. The predicted molar refractivity (Wildman–Crippen MR) is 105 cm³/mol. The molecule has 30 heavy (non-hydrogen) atoms. The van der Waals surface area contributed by atoms with Crippen molar-refractivity contribution in [2.75, 3.05) is 26.5 Å². The minimum absolute atomic E-state index is 0.281. The maximum absolute atomic E-state index is 12.6. The normalized spacial score (nSPS) is 24.8. The summed E-state index contributed by atoms with van der Waals surface area (Å²) in [5.74, 6) is -2.16. The molecule has 0 spiro atoms. The molecule has 1 amide bonds. The zero-order valence-corrected chi connectivity index (χ0v) is 17.6. The van der Waals surface area contributed by atoms with Crippen molar-refractivity contribution in [2.45, 2.75) is 43.7 Å². The minimum Gasteiger partial charge on any atom is -0.388 e. The monoisotopic (exact) mass is 455 g/mol. The van der Waals surface area contributed by atoms with Crippen LogP contribution < -0.4 is 11.2 Å². The Morgan fingerprint density at radius 2 is 1.93 bits per heavy atom. The number of nitrogens with one attached hydrogen (secondary N) is 1. The van der Waals surface area contributed by atoms with E-state index in [2.05, 4.69) is 6.30 Å². The summed E-state index contributed by atoms with van der Waals surface area (Å²) in [4.78, 5) is 37.7. The van der Waals surface area contributed by atoms with Gasteiger partial charge in [0, 0.05) is 13.2 Å². The number of nitrogens with zero attached hydrogens (tertiary/aromatic N) is 2. The van der Waals surface area contributed by atoms with Crippen molar-refractivity contribution in [3.63, 3.8) is 0 Å². The number of aliphatic hydroxyl groups excluding tert-OH is 2. The lowest BCUT2D eigenvalue weighted by Crippen LogP contribution is -2.42. The number of halogens is 3. The molecule has 2 heterocycles. The first-order valence-electron chi connectivity index (χ1n) is 8.97. The van der Waals surface area contributed by atoms with Crippen molar-refractivity contribution in [3.8, 4) is 0 Å². The average Bonchev–Trinajstić information content (AvgIpc) is 2.88. The largest absolute Gasteiger partial charge is 0.471 e. The van der Waals surface area contributed by atoms with Crippen LogP contribution in [0.5, 0.6) is 0 Å². The number of carbonyl (C=O) groups is 1. The Labute approximate surface area is 170 Å². The van der Waals surface area contributed by atoms with Gasteiger partial charge in [-0.25, -0.2) is 4.79 Å². The number of rotatable bonds is 6. The Hall–Kier alpha value is -1.88. The summed E-state index contributed by atoms with van der Waals surface area (Å²) >= 11 is 0.